The zero-order valence-corrected chi connectivity index (χ0v) is 13.4. The zero-order valence-electron chi connectivity index (χ0n) is 11.3. The number of pyridine rings is 1. The Bertz CT molecular complexity index is 832. The highest BCUT2D eigenvalue weighted by Crippen LogP contribution is 2.26. The number of fused-ring (bicyclic) bond motifs is 2. The van der Waals surface area contributed by atoms with Gasteiger partial charge in [0.2, 0.25) is 0 Å². The number of nitrogens with zero attached hydrogens (tertiary/aromatic N) is 1. The van der Waals surface area contributed by atoms with Gasteiger partial charge in [-0.2, -0.15) is 0 Å². The molecule has 0 aliphatic heterocycles. The number of benzene rings is 2. The van der Waals surface area contributed by atoms with Crippen LogP contribution in [0.15, 0.2) is 42.5 Å². The number of halogens is 1. The minimum Gasteiger partial charge on any atom is -0.351 e. The molecule has 0 radical (unpaired) electrons. The van der Waals surface area contributed by atoms with Gasteiger partial charge in [0, 0.05) is 27.4 Å². The van der Waals surface area contributed by atoms with Crippen LogP contribution in [0.2, 0.25) is 0 Å². The van der Waals surface area contributed by atoms with Crippen LogP contribution in [0.5, 0.6) is 0 Å². The van der Waals surface area contributed by atoms with Gasteiger partial charge in [0.1, 0.15) is 0 Å². The van der Waals surface area contributed by atoms with Gasteiger partial charge < -0.3 is 11.1 Å². The van der Waals surface area contributed by atoms with Crippen molar-refractivity contribution in [1.82, 2.24) is 10.3 Å². The fourth-order valence-corrected chi connectivity index (χ4v) is 2.88. The molecule has 0 aliphatic rings. The molecule has 3 aromatic rings. The number of para-hydroxylation sites is 1. The highest BCUT2D eigenvalue weighted by Gasteiger charge is 2.13. The molecule has 0 bridgehead atoms. The van der Waals surface area contributed by atoms with Gasteiger partial charge in [0.05, 0.1) is 16.6 Å². The van der Waals surface area contributed by atoms with E-state index in [4.69, 9.17) is 5.73 Å². The quantitative estimate of drug-likeness (QED) is 0.533. The largest absolute Gasteiger partial charge is 0.351 e. The van der Waals surface area contributed by atoms with Gasteiger partial charge in [-0.15, -0.1) is 0 Å². The topological polar surface area (TPSA) is 68.0 Å². The van der Waals surface area contributed by atoms with Crippen LogP contribution in [-0.2, 0) is 0 Å². The second-order valence-corrected chi connectivity index (χ2v) is 5.88. The maximum Gasteiger partial charge on any atom is 0.253 e. The maximum atomic E-state index is 12.3. The summed E-state index contributed by atoms with van der Waals surface area (Å²) in [5.74, 6) is -0.135. The molecule has 1 heterocycles. The minimum absolute atomic E-state index is 0.135. The van der Waals surface area contributed by atoms with E-state index in [2.05, 4.69) is 39.0 Å². The molecular weight excluding hydrogens is 377 g/mol. The fraction of sp³-hybridized carbons (Fsp3) is 0.125. The number of nitrogens with two attached hydrogens (primary N) is 1. The standard InChI is InChI=1S/C16H14IN3O/c17-13-6-5-11(16(21)19-8-7-18)15-12(13)9-10-3-1-2-4-14(10)20-15/h1-6,9H,7-8,18H2,(H,19,21). The van der Waals surface area contributed by atoms with Gasteiger partial charge in [-0.25, -0.2) is 4.98 Å². The Morgan fingerprint density at radius 2 is 2.05 bits per heavy atom. The molecule has 0 atom stereocenters. The average molecular weight is 391 g/mol. The van der Waals surface area contributed by atoms with Gasteiger partial charge >= 0.3 is 0 Å². The van der Waals surface area contributed by atoms with Gasteiger partial charge in [0.15, 0.2) is 0 Å². The number of carbonyl (C=O) groups excluding carboxylic acids is 1. The van der Waals surface area contributed by atoms with Crippen molar-refractivity contribution >= 4 is 50.3 Å². The fourth-order valence-electron chi connectivity index (χ4n) is 2.29. The van der Waals surface area contributed by atoms with E-state index >= 15 is 0 Å². The van der Waals surface area contributed by atoms with E-state index < -0.39 is 0 Å². The lowest BCUT2D eigenvalue weighted by Crippen LogP contribution is -2.29. The summed E-state index contributed by atoms with van der Waals surface area (Å²) in [7, 11) is 0. The smallest absolute Gasteiger partial charge is 0.253 e. The number of hydrogen-bond acceptors (Lipinski definition) is 3. The van der Waals surface area contributed by atoms with Crippen LogP contribution in [0.4, 0.5) is 0 Å². The molecule has 3 N–H and O–H groups in total. The molecule has 0 unspecified atom stereocenters. The number of hydrogen-bond donors (Lipinski definition) is 2. The van der Waals surface area contributed by atoms with Crippen molar-refractivity contribution in [2.75, 3.05) is 13.1 Å². The molecule has 3 rings (SSSR count). The van der Waals surface area contributed by atoms with E-state index in [1.165, 1.54) is 0 Å². The molecule has 0 aliphatic carbocycles. The molecule has 4 nitrogen and oxygen atoms in total. The molecule has 0 saturated carbocycles. The van der Waals surface area contributed by atoms with Crippen molar-refractivity contribution in [3.05, 3.63) is 51.6 Å². The third-order valence-corrected chi connectivity index (χ3v) is 4.25. The number of carbonyl (C=O) groups is 1. The molecule has 0 spiro atoms. The third-order valence-electron chi connectivity index (χ3n) is 3.31. The van der Waals surface area contributed by atoms with Crippen LogP contribution in [-0.4, -0.2) is 24.0 Å². The minimum atomic E-state index is -0.135. The van der Waals surface area contributed by atoms with E-state index in [1.807, 2.05) is 36.4 Å². The highest BCUT2D eigenvalue weighted by molar-refractivity contribution is 14.1. The molecule has 1 amide bonds. The summed E-state index contributed by atoms with van der Waals surface area (Å²) in [6.07, 6.45) is 0. The van der Waals surface area contributed by atoms with Gasteiger partial charge in [0.25, 0.3) is 5.91 Å². The second-order valence-electron chi connectivity index (χ2n) is 4.72. The van der Waals surface area contributed by atoms with Gasteiger partial charge in [-0.05, 0) is 46.9 Å². The van der Waals surface area contributed by atoms with Crippen LogP contribution in [0.25, 0.3) is 21.8 Å². The summed E-state index contributed by atoms with van der Waals surface area (Å²) in [4.78, 5) is 16.9. The van der Waals surface area contributed by atoms with Crippen molar-refractivity contribution in [3.63, 3.8) is 0 Å². The predicted molar refractivity (Wildman–Crippen MR) is 93.4 cm³/mol. The Morgan fingerprint density at radius 3 is 2.86 bits per heavy atom. The van der Waals surface area contributed by atoms with E-state index in [-0.39, 0.29) is 5.91 Å². The summed E-state index contributed by atoms with van der Waals surface area (Å²) in [6.45, 7) is 0.879. The number of rotatable bonds is 3. The highest BCUT2D eigenvalue weighted by atomic mass is 127. The Morgan fingerprint density at radius 1 is 1.24 bits per heavy atom. The monoisotopic (exact) mass is 391 g/mol. The molecule has 21 heavy (non-hydrogen) atoms. The van der Waals surface area contributed by atoms with Crippen LogP contribution in [0.3, 0.4) is 0 Å². The summed E-state index contributed by atoms with van der Waals surface area (Å²) < 4.78 is 1.08. The molecular formula is C16H14IN3O. The first-order chi connectivity index (χ1) is 10.2. The summed E-state index contributed by atoms with van der Waals surface area (Å²) in [5.41, 5.74) is 7.64. The van der Waals surface area contributed by atoms with E-state index in [0.29, 0.717) is 18.7 Å². The summed E-state index contributed by atoms with van der Waals surface area (Å²) in [6, 6.07) is 13.8. The first kappa shape index (κ1) is 14.2. The van der Waals surface area contributed by atoms with Crippen molar-refractivity contribution in [2.45, 2.75) is 0 Å². The van der Waals surface area contributed by atoms with Crippen LogP contribution < -0.4 is 11.1 Å². The normalized spacial score (nSPS) is 11.0. The van der Waals surface area contributed by atoms with E-state index in [0.717, 1.165) is 25.4 Å². The lowest BCUT2D eigenvalue weighted by molar-refractivity contribution is 0.0956. The van der Waals surface area contributed by atoms with Crippen molar-refractivity contribution in [3.8, 4) is 0 Å². The SMILES string of the molecule is NCCNC(=O)c1ccc(I)c2cc3ccccc3nc12. The molecule has 1 aromatic heterocycles. The Hall–Kier alpha value is -1.73. The molecule has 0 fully saturated rings. The summed E-state index contributed by atoms with van der Waals surface area (Å²) >= 11 is 2.27. The zero-order chi connectivity index (χ0) is 14.8. The number of nitrogens with one attached hydrogen (secondary N) is 1. The van der Waals surface area contributed by atoms with Crippen LogP contribution >= 0.6 is 22.6 Å². The van der Waals surface area contributed by atoms with E-state index in [9.17, 15) is 4.79 Å². The maximum absolute atomic E-state index is 12.3. The Kier molecular flexibility index (Phi) is 4.03. The Labute approximate surface area is 135 Å². The van der Waals surface area contributed by atoms with Gasteiger partial charge in [-0.3, -0.25) is 4.79 Å². The van der Waals surface area contributed by atoms with Crippen LogP contribution in [0.1, 0.15) is 10.4 Å². The molecule has 5 heteroatoms. The molecule has 106 valence electrons. The first-order valence-corrected chi connectivity index (χ1v) is 7.75. The number of amides is 1. The van der Waals surface area contributed by atoms with Crippen molar-refractivity contribution in [2.24, 2.45) is 5.73 Å². The number of aromatic nitrogens is 1. The predicted octanol–water partition coefficient (Wildman–Crippen LogP) is 2.68. The average Bonchev–Trinajstić information content (AvgIpc) is 2.51. The second kappa shape index (κ2) is 5.95. The lowest BCUT2D eigenvalue weighted by Gasteiger charge is -2.09. The summed E-state index contributed by atoms with van der Waals surface area (Å²) in [5, 5.41) is 4.87. The Balaban J connectivity index is 2.23. The van der Waals surface area contributed by atoms with Gasteiger partial charge in [-0.1, -0.05) is 18.2 Å². The molecule has 2 aromatic carbocycles. The lowest BCUT2D eigenvalue weighted by atomic mass is 10.1. The third kappa shape index (κ3) is 2.71. The van der Waals surface area contributed by atoms with E-state index in [1.54, 1.807) is 0 Å². The van der Waals surface area contributed by atoms with Crippen LogP contribution in [0, 0.1) is 3.57 Å². The van der Waals surface area contributed by atoms with Crippen molar-refractivity contribution in [1.29, 1.82) is 0 Å². The van der Waals surface area contributed by atoms with Crippen molar-refractivity contribution < 1.29 is 4.79 Å². The molecule has 0 saturated heterocycles. The first-order valence-electron chi connectivity index (χ1n) is 6.67.